The molecule has 150 valence electrons. The molecule has 2 heterocycles. The molecule has 7 nitrogen and oxygen atoms in total. The van der Waals surface area contributed by atoms with E-state index in [2.05, 4.69) is 31.3 Å². The van der Waals surface area contributed by atoms with Crippen molar-refractivity contribution in [3.05, 3.63) is 45.2 Å². The van der Waals surface area contributed by atoms with Crippen LogP contribution in [0.15, 0.2) is 27.7 Å². The molecule has 1 aromatic heterocycles. The first-order valence-electron chi connectivity index (χ1n) is 8.98. The third kappa shape index (κ3) is 4.70. The van der Waals surface area contributed by atoms with Gasteiger partial charge in [-0.25, -0.2) is 8.42 Å². The Kier molecular flexibility index (Phi) is 6.04. The molecule has 1 amide bonds. The summed E-state index contributed by atoms with van der Waals surface area (Å²) in [6.07, 6.45) is 2.22. The van der Waals surface area contributed by atoms with E-state index in [1.165, 1.54) is 0 Å². The molecule has 1 unspecified atom stereocenters. The molecule has 1 fully saturated rings. The summed E-state index contributed by atoms with van der Waals surface area (Å²) in [6.45, 7) is 5.68. The first-order chi connectivity index (χ1) is 13.2. The lowest BCUT2D eigenvalue weighted by Gasteiger charge is -2.10. The number of hydrogen-bond donors (Lipinski definition) is 1. The summed E-state index contributed by atoms with van der Waals surface area (Å²) >= 11 is 3.40. The Morgan fingerprint density at radius 3 is 2.79 bits per heavy atom. The van der Waals surface area contributed by atoms with Crippen molar-refractivity contribution in [2.24, 2.45) is 4.99 Å². The molecule has 1 saturated heterocycles. The molecule has 1 aliphatic rings. The minimum absolute atomic E-state index is 0.00261. The number of aliphatic imine (C=N–C) groups is 1. The van der Waals surface area contributed by atoms with E-state index in [0.717, 1.165) is 32.7 Å². The summed E-state index contributed by atoms with van der Waals surface area (Å²) in [4.78, 5) is 16.4. The quantitative estimate of drug-likeness (QED) is 0.685. The second-order valence-electron chi connectivity index (χ2n) is 7.06. The standard InChI is InChI=1S/C19H23BrN4O3S/c1-12-8-15(20)4-5-18(12)22-19(25)10-21-9-17-13(2)23-24(14(17)3)16-6-7-28(26,27)11-16/h4-5,8-9,16H,6-7,10-11H2,1-3H3,(H,22,25). The Morgan fingerprint density at radius 2 is 2.14 bits per heavy atom. The highest BCUT2D eigenvalue weighted by atomic mass is 79.9. The normalized spacial score (nSPS) is 18.6. The van der Waals surface area contributed by atoms with Crippen molar-refractivity contribution in [3.63, 3.8) is 0 Å². The van der Waals surface area contributed by atoms with E-state index in [1.807, 2.05) is 39.0 Å². The number of sulfone groups is 1. The molecule has 9 heteroatoms. The smallest absolute Gasteiger partial charge is 0.246 e. The van der Waals surface area contributed by atoms with Gasteiger partial charge >= 0.3 is 0 Å². The van der Waals surface area contributed by atoms with Crippen LogP contribution in [0.4, 0.5) is 5.69 Å². The number of nitrogens with one attached hydrogen (secondary N) is 1. The van der Waals surface area contributed by atoms with Crippen molar-refractivity contribution in [1.29, 1.82) is 0 Å². The number of carbonyl (C=O) groups excluding carboxylic acids is 1. The van der Waals surface area contributed by atoms with Gasteiger partial charge < -0.3 is 5.32 Å². The molecule has 0 saturated carbocycles. The van der Waals surface area contributed by atoms with Gasteiger partial charge in [-0.1, -0.05) is 15.9 Å². The van der Waals surface area contributed by atoms with Gasteiger partial charge in [0.15, 0.2) is 9.84 Å². The summed E-state index contributed by atoms with van der Waals surface area (Å²) in [6, 6.07) is 5.52. The molecular weight excluding hydrogens is 444 g/mol. The van der Waals surface area contributed by atoms with Gasteiger partial charge in [-0.2, -0.15) is 5.10 Å². The number of hydrogen-bond acceptors (Lipinski definition) is 5. The summed E-state index contributed by atoms with van der Waals surface area (Å²) in [5, 5.41) is 7.35. The van der Waals surface area contributed by atoms with Gasteiger partial charge in [0.25, 0.3) is 0 Å². The van der Waals surface area contributed by atoms with Crippen LogP contribution in [0.5, 0.6) is 0 Å². The summed E-state index contributed by atoms with van der Waals surface area (Å²) in [7, 11) is -2.98. The van der Waals surface area contributed by atoms with Crippen molar-refractivity contribution in [3.8, 4) is 0 Å². The van der Waals surface area contributed by atoms with Gasteiger partial charge in [0.2, 0.25) is 5.91 Å². The van der Waals surface area contributed by atoms with Gasteiger partial charge in [0.05, 0.1) is 23.2 Å². The predicted octanol–water partition coefficient (Wildman–Crippen LogP) is 2.99. The fourth-order valence-electron chi connectivity index (χ4n) is 3.36. The van der Waals surface area contributed by atoms with Crippen molar-refractivity contribution < 1.29 is 13.2 Å². The van der Waals surface area contributed by atoms with Crippen LogP contribution in [0.1, 0.15) is 35.0 Å². The van der Waals surface area contributed by atoms with E-state index in [9.17, 15) is 13.2 Å². The van der Waals surface area contributed by atoms with Gasteiger partial charge in [-0.3, -0.25) is 14.5 Å². The maximum atomic E-state index is 12.2. The van der Waals surface area contributed by atoms with E-state index < -0.39 is 9.84 Å². The van der Waals surface area contributed by atoms with Crippen molar-refractivity contribution >= 4 is 43.6 Å². The SMILES string of the molecule is Cc1cc(Br)ccc1NC(=O)CN=Cc1c(C)nn(C2CCS(=O)(=O)C2)c1C. The minimum Gasteiger partial charge on any atom is -0.324 e. The van der Waals surface area contributed by atoms with Crippen LogP contribution in [-0.4, -0.2) is 48.4 Å². The zero-order chi connectivity index (χ0) is 20.5. The lowest BCUT2D eigenvalue weighted by atomic mass is 10.2. The van der Waals surface area contributed by atoms with E-state index in [-0.39, 0.29) is 30.0 Å². The third-order valence-corrected chi connectivity index (χ3v) is 7.10. The topological polar surface area (TPSA) is 93.4 Å². The van der Waals surface area contributed by atoms with Crippen LogP contribution in [0.3, 0.4) is 0 Å². The van der Waals surface area contributed by atoms with Crippen molar-refractivity contribution in [2.45, 2.75) is 33.2 Å². The number of halogens is 1. The van der Waals surface area contributed by atoms with Gasteiger partial charge in [0.1, 0.15) is 6.54 Å². The number of amides is 1. The second-order valence-corrected chi connectivity index (χ2v) is 10.2. The Hall–Kier alpha value is -2.00. The Bertz CT molecular complexity index is 1040. The zero-order valence-corrected chi connectivity index (χ0v) is 18.5. The van der Waals surface area contributed by atoms with Gasteiger partial charge in [0, 0.05) is 27.6 Å². The highest BCUT2D eigenvalue weighted by Gasteiger charge is 2.31. The molecule has 0 spiro atoms. The van der Waals surface area contributed by atoms with Gasteiger partial charge in [-0.15, -0.1) is 0 Å². The molecule has 1 aliphatic heterocycles. The average molecular weight is 467 g/mol. The predicted molar refractivity (Wildman–Crippen MR) is 114 cm³/mol. The number of benzene rings is 1. The van der Waals surface area contributed by atoms with Gasteiger partial charge in [-0.05, 0) is 51.0 Å². The molecule has 1 aromatic carbocycles. The zero-order valence-electron chi connectivity index (χ0n) is 16.1. The summed E-state index contributed by atoms with van der Waals surface area (Å²) < 4.78 is 26.2. The maximum Gasteiger partial charge on any atom is 0.246 e. The largest absolute Gasteiger partial charge is 0.324 e. The van der Waals surface area contributed by atoms with Crippen LogP contribution in [0.2, 0.25) is 0 Å². The average Bonchev–Trinajstić information content (AvgIpc) is 3.10. The first-order valence-corrected chi connectivity index (χ1v) is 11.6. The number of carbonyl (C=O) groups is 1. The number of nitrogens with zero attached hydrogens (tertiary/aromatic N) is 3. The van der Waals surface area contributed by atoms with Crippen LogP contribution in [-0.2, 0) is 14.6 Å². The van der Waals surface area contributed by atoms with E-state index in [1.54, 1.807) is 10.9 Å². The molecule has 0 bridgehead atoms. The maximum absolute atomic E-state index is 12.2. The summed E-state index contributed by atoms with van der Waals surface area (Å²) in [5.41, 5.74) is 4.19. The molecule has 3 rings (SSSR count). The molecule has 0 aliphatic carbocycles. The molecule has 28 heavy (non-hydrogen) atoms. The Balaban J connectivity index is 1.66. The van der Waals surface area contributed by atoms with Crippen LogP contribution in [0, 0.1) is 20.8 Å². The highest BCUT2D eigenvalue weighted by molar-refractivity contribution is 9.10. The molecule has 2 aromatic rings. The Labute approximate surface area is 173 Å². The van der Waals surface area contributed by atoms with E-state index in [4.69, 9.17) is 0 Å². The van der Waals surface area contributed by atoms with E-state index >= 15 is 0 Å². The van der Waals surface area contributed by atoms with Crippen LogP contribution >= 0.6 is 15.9 Å². The summed E-state index contributed by atoms with van der Waals surface area (Å²) in [5.74, 6) is 0.126. The van der Waals surface area contributed by atoms with Crippen LogP contribution < -0.4 is 5.32 Å². The number of rotatable bonds is 5. The lowest BCUT2D eigenvalue weighted by molar-refractivity contribution is -0.114. The van der Waals surface area contributed by atoms with Crippen molar-refractivity contribution in [1.82, 2.24) is 9.78 Å². The second kappa shape index (κ2) is 8.16. The fraction of sp³-hybridized carbons (Fsp3) is 0.421. The number of aromatic nitrogens is 2. The van der Waals surface area contributed by atoms with Crippen molar-refractivity contribution in [2.75, 3.05) is 23.4 Å². The number of aryl methyl sites for hydroxylation is 2. The third-order valence-electron chi connectivity index (χ3n) is 4.85. The monoisotopic (exact) mass is 466 g/mol. The first kappa shape index (κ1) is 20.7. The number of anilines is 1. The minimum atomic E-state index is -2.98. The molecule has 1 atom stereocenters. The fourth-order valence-corrected chi connectivity index (χ4v) is 5.53. The molecular formula is C19H23BrN4O3S. The lowest BCUT2D eigenvalue weighted by Crippen LogP contribution is -2.15. The molecule has 1 N–H and O–H groups in total. The van der Waals surface area contributed by atoms with Crippen LogP contribution in [0.25, 0.3) is 0 Å². The Morgan fingerprint density at radius 1 is 1.39 bits per heavy atom. The molecule has 0 radical (unpaired) electrons. The van der Waals surface area contributed by atoms with E-state index in [0.29, 0.717) is 6.42 Å². The highest BCUT2D eigenvalue weighted by Crippen LogP contribution is 2.26.